The molecule has 1 unspecified atom stereocenters. The van der Waals surface area contributed by atoms with Gasteiger partial charge in [-0.2, -0.15) is 0 Å². The zero-order valence-corrected chi connectivity index (χ0v) is 4.35. The second-order valence-electron chi connectivity index (χ2n) is 1.23. The Morgan fingerprint density at radius 2 is 2.57 bits per heavy atom. The SMILES string of the molecule is C#CC(N)COC. The molecule has 0 aliphatic heterocycles. The largest absolute Gasteiger partial charge is 0.382 e. The molecule has 0 rings (SSSR count). The smallest absolute Gasteiger partial charge is 0.0898 e. The molecule has 0 spiro atoms. The molecule has 0 bridgehead atoms. The van der Waals surface area contributed by atoms with E-state index in [1.165, 1.54) is 0 Å². The molecule has 0 heterocycles. The summed E-state index contributed by atoms with van der Waals surface area (Å²) in [7, 11) is 1.57. The van der Waals surface area contributed by atoms with Crippen LogP contribution >= 0.6 is 0 Å². The molecule has 0 saturated heterocycles. The van der Waals surface area contributed by atoms with Crippen LogP contribution < -0.4 is 5.73 Å². The summed E-state index contributed by atoms with van der Waals surface area (Å²) >= 11 is 0. The molecular weight excluding hydrogens is 90.1 g/mol. The van der Waals surface area contributed by atoms with Gasteiger partial charge < -0.3 is 10.5 Å². The molecule has 0 saturated carbocycles. The minimum absolute atomic E-state index is 0.245. The standard InChI is InChI=1S/C5H9NO/c1-3-5(6)4-7-2/h1,5H,4,6H2,2H3. The number of rotatable bonds is 2. The van der Waals surface area contributed by atoms with Crippen molar-refractivity contribution in [1.82, 2.24) is 0 Å². The number of methoxy groups -OCH3 is 1. The summed E-state index contributed by atoms with van der Waals surface area (Å²) in [5.74, 6) is 2.32. The molecule has 0 aliphatic carbocycles. The number of ether oxygens (including phenoxy) is 1. The summed E-state index contributed by atoms with van der Waals surface area (Å²) in [6.07, 6.45) is 4.90. The van der Waals surface area contributed by atoms with Crippen LogP contribution in [0.1, 0.15) is 0 Å². The summed E-state index contributed by atoms with van der Waals surface area (Å²) in [5, 5.41) is 0. The monoisotopic (exact) mass is 99.1 g/mol. The first-order valence-corrected chi connectivity index (χ1v) is 2.02. The lowest BCUT2D eigenvalue weighted by molar-refractivity contribution is 0.194. The average molecular weight is 99.1 g/mol. The summed E-state index contributed by atoms with van der Waals surface area (Å²) < 4.78 is 4.63. The molecule has 2 N–H and O–H groups in total. The normalized spacial score (nSPS) is 12.7. The van der Waals surface area contributed by atoms with Crippen molar-refractivity contribution in [3.63, 3.8) is 0 Å². The second-order valence-corrected chi connectivity index (χ2v) is 1.23. The number of nitrogens with two attached hydrogens (primary N) is 1. The Morgan fingerprint density at radius 3 is 2.71 bits per heavy atom. The highest BCUT2D eigenvalue weighted by Gasteiger charge is 1.90. The quantitative estimate of drug-likeness (QED) is 0.478. The van der Waals surface area contributed by atoms with E-state index in [1.807, 2.05) is 0 Å². The van der Waals surface area contributed by atoms with Crippen LogP contribution in [0.25, 0.3) is 0 Å². The van der Waals surface area contributed by atoms with Gasteiger partial charge in [0.2, 0.25) is 0 Å². The molecule has 0 aromatic carbocycles. The first-order valence-electron chi connectivity index (χ1n) is 2.02. The topological polar surface area (TPSA) is 35.2 Å². The van der Waals surface area contributed by atoms with Gasteiger partial charge >= 0.3 is 0 Å². The molecule has 0 aromatic heterocycles. The lowest BCUT2D eigenvalue weighted by Crippen LogP contribution is -2.22. The van der Waals surface area contributed by atoms with Gasteiger partial charge in [-0.3, -0.25) is 0 Å². The van der Waals surface area contributed by atoms with Crippen molar-refractivity contribution >= 4 is 0 Å². The van der Waals surface area contributed by atoms with Crippen LogP contribution in [0.5, 0.6) is 0 Å². The molecule has 0 radical (unpaired) electrons. The van der Waals surface area contributed by atoms with Gasteiger partial charge in [-0.1, -0.05) is 5.92 Å². The molecule has 7 heavy (non-hydrogen) atoms. The zero-order chi connectivity index (χ0) is 5.70. The highest BCUT2D eigenvalue weighted by Crippen LogP contribution is 1.72. The molecule has 2 heteroatoms. The fourth-order valence-electron chi connectivity index (χ4n) is 0.228. The van der Waals surface area contributed by atoms with E-state index in [0.717, 1.165) is 0 Å². The van der Waals surface area contributed by atoms with Crippen LogP contribution in [0.2, 0.25) is 0 Å². The lowest BCUT2D eigenvalue weighted by Gasteiger charge is -1.98. The summed E-state index contributed by atoms with van der Waals surface area (Å²) in [4.78, 5) is 0. The average Bonchev–Trinajstić information content (AvgIpc) is 1.68. The van der Waals surface area contributed by atoms with Crippen molar-refractivity contribution in [3.05, 3.63) is 0 Å². The van der Waals surface area contributed by atoms with Gasteiger partial charge in [0, 0.05) is 7.11 Å². The second kappa shape index (κ2) is 3.66. The van der Waals surface area contributed by atoms with Gasteiger partial charge in [-0.15, -0.1) is 6.42 Å². The molecule has 0 aromatic rings. The van der Waals surface area contributed by atoms with Crippen LogP contribution in [-0.2, 0) is 4.74 Å². The predicted octanol–water partition coefficient (Wildman–Crippen LogP) is -0.407. The van der Waals surface area contributed by atoms with Crippen LogP contribution in [0.15, 0.2) is 0 Å². The Kier molecular flexibility index (Phi) is 3.39. The number of hydrogen-bond donors (Lipinski definition) is 1. The van der Waals surface area contributed by atoms with Crippen molar-refractivity contribution in [2.45, 2.75) is 6.04 Å². The minimum atomic E-state index is -0.245. The molecule has 0 amide bonds. The van der Waals surface area contributed by atoms with Crippen LogP contribution in [0, 0.1) is 12.3 Å². The molecule has 1 atom stereocenters. The van der Waals surface area contributed by atoms with Crippen LogP contribution in [-0.4, -0.2) is 19.8 Å². The van der Waals surface area contributed by atoms with E-state index >= 15 is 0 Å². The third kappa shape index (κ3) is 3.31. The first-order chi connectivity index (χ1) is 3.31. The maximum absolute atomic E-state index is 5.22. The van der Waals surface area contributed by atoms with E-state index in [4.69, 9.17) is 12.2 Å². The first kappa shape index (κ1) is 6.48. The maximum atomic E-state index is 5.22. The van der Waals surface area contributed by atoms with Gasteiger partial charge in [-0.25, -0.2) is 0 Å². The van der Waals surface area contributed by atoms with E-state index in [9.17, 15) is 0 Å². The van der Waals surface area contributed by atoms with E-state index in [1.54, 1.807) is 7.11 Å². The zero-order valence-electron chi connectivity index (χ0n) is 4.35. The molecule has 40 valence electrons. The third-order valence-electron chi connectivity index (χ3n) is 0.560. The summed E-state index contributed by atoms with van der Waals surface area (Å²) in [6, 6.07) is -0.245. The maximum Gasteiger partial charge on any atom is 0.0898 e. The number of hydrogen-bond acceptors (Lipinski definition) is 2. The van der Waals surface area contributed by atoms with Crippen LogP contribution in [0.4, 0.5) is 0 Å². The van der Waals surface area contributed by atoms with Gasteiger partial charge in [0.1, 0.15) is 0 Å². The highest BCUT2D eigenvalue weighted by atomic mass is 16.5. The number of terminal acetylenes is 1. The molecule has 0 fully saturated rings. The molecule has 2 nitrogen and oxygen atoms in total. The molecule has 0 aliphatic rings. The highest BCUT2D eigenvalue weighted by molar-refractivity contribution is 4.96. The van der Waals surface area contributed by atoms with Gasteiger partial charge in [0.05, 0.1) is 12.6 Å². The Labute approximate surface area is 43.7 Å². The fraction of sp³-hybridized carbons (Fsp3) is 0.600. The fourth-order valence-corrected chi connectivity index (χ4v) is 0.228. The summed E-state index contributed by atoms with van der Waals surface area (Å²) in [5.41, 5.74) is 5.22. The lowest BCUT2D eigenvalue weighted by atomic mass is 10.4. The van der Waals surface area contributed by atoms with Crippen molar-refractivity contribution in [2.24, 2.45) is 5.73 Å². The summed E-state index contributed by atoms with van der Waals surface area (Å²) in [6.45, 7) is 0.441. The predicted molar refractivity (Wildman–Crippen MR) is 28.7 cm³/mol. The Balaban J connectivity index is 3.04. The van der Waals surface area contributed by atoms with Crippen molar-refractivity contribution in [1.29, 1.82) is 0 Å². The van der Waals surface area contributed by atoms with Crippen molar-refractivity contribution in [3.8, 4) is 12.3 Å². The van der Waals surface area contributed by atoms with Crippen molar-refractivity contribution in [2.75, 3.05) is 13.7 Å². The van der Waals surface area contributed by atoms with Crippen LogP contribution in [0.3, 0.4) is 0 Å². The van der Waals surface area contributed by atoms with Gasteiger partial charge in [-0.05, 0) is 0 Å². The van der Waals surface area contributed by atoms with E-state index in [0.29, 0.717) is 6.61 Å². The minimum Gasteiger partial charge on any atom is -0.382 e. The van der Waals surface area contributed by atoms with E-state index in [2.05, 4.69) is 10.7 Å². The Hall–Kier alpha value is -0.520. The van der Waals surface area contributed by atoms with Gasteiger partial charge in [0.15, 0.2) is 0 Å². The molecular formula is C5H9NO. The van der Waals surface area contributed by atoms with E-state index < -0.39 is 0 Å². The Bertz CT molecular complexity index is 74.6. The van der Waals surface area contributed by atoms with Crippen molar-refractivity contribution < 1.29 is 4.74 Å². The Morgan fingerprint density at radius 1 is 2.00 bits per heavy atom. The van der Waals surface area contributed by atoms with Gasteiger partial charge in [0.25, 0.3) is 0 Å². The van der Waals surface area contributed by atoms with E-state index in [-0.39, 0.29) is 6.04 Å². The third-order valence-corrected chi connectivity index (χ3v) is 0.560.